The maximum atomic E-state index is 11.1. The van der Waals surface area contributed by atoms with Gasteiger partial charge in [-0.25, -0.2) is 0 Å². The smallest absolute Gasteiger partial charge is 0.321 e. The molecule has 0 aliphatic rings. The van der Waals surface area contributed by atoms with Gasteiger partial charge in [0.05, 0.1) is 6.42 Å². The number of rotatable bonds is 6. The van der Waals surface area contributed by atoms with Crippen molar-refractivity contribution in [2.24, 2.45) is 0 Å². The Morgan fingerprint density at radius 3 is 2.53 bits per heavy atom. The third-order valence-corrected chi connectivity index (χ3v) is 3.41. The second kappa shape index (κ2) is 6.68. The molecule has 0 aromatic heterocycles. The molecule has 19 heavy (non-hydrogen) atoms. The molecule has 0 fully saturated rings. The summed E-state index contributed by atoms with van der Waals surface area (Å²) in [5.41, 5.74) is 2.00. The van der Waals surface area contributed by atoms with E-state index in [-0.39, 0.29) is 0 Å². The molecule has 0 heterocycles. The van der Waals surface area contributed by atoms with Gasteiger partial charge >= 0.3 is 11.9 Å². The van der Waals surface area contributed by atoms with E-state index in [0.717, 1.165) is 15.6 Å². The van der Waals surface area contributed by atoms with Crippen LogP contribution in [0.2, 0.25) is 0 Å². The van der Waals surface area contributed by atoms with Gasteiger partial charge in [0.2, 0.25) is 0 Å². The molecule has 0 radical (unpaired) electrons. The van der Waals surface area contributed by atoms with Crippen LogP contribution in [-0.2, 0) is 16.1 Å². The van der Waals surface area contributed by atoms with Crippen molar-refractivity contribution in [3.05, 3.63) is 33.8 Å². The van der Waals surface area contributed by atoms with Crippen LogP contribution in [0.5, 0.6) is 0 Å². The van der Waals surface area contributed by atoms with Gasteiger partial charge in [-0.05, 0) is 37.2 Å². The summed E-state index contributed by atoms with van der Waals surface area (Å²) in [5.74, 6) is -2.25. The molecular formula is C13H16BrNO4. The molecule has 0 spiro atoms. The monoisotopic (exact) mass is 329 g/mol. The van der Waals surface area contributed by atoms with Gasteiger partial charge in [-0.3, -0.25) is 14.5 Å². The molecular weight excluding hydrogens is 314 g/mol. The summed E-state index contributed by atoms with van der Waals surface area (Å²) in [6.07, 6.45) is -0.418. The summed E-state index contributed by atoms with van der Waals surface area (Å²) in [6, 6.07) is 4.71. The Hall–Kier alpha value is -1.40. The Kier molecular flexibility index (Phi) is 5.50. The number of nitrogens with zero attached hydrogens (tertiary/aromatic N) is 1. The molecule has 0 aliphatic carbocycles. The van der Waals surface area contributed by atoms with Crippen molar-refractivity contribution in [3.63, 3.8) is 0 Å². The van der Waals surface area contributed by atoms with E-state index in [4.69, 9.17) is 10.2 Å². The summed E-state index contributed by atoms with van der Waals surface area (Å²) in [6.45, 7) is 2.32. The number of halogens is 1. The van der Waals surface area contributed by atoms with E-state index in [1.807, 2.05) is 25.1 Å². The average Bonchev–Trinajstić information content (AvgIpc) is 2.30. The van der Waals surface area contributed by atoms with Gasteiger partial charge in [-0.1, -0.05) is 22.0 Å². The van der Waals surface area contributed by atoms with Crippen molar-refractivity contribution in [2.75, 3.05) is 7.05 Å². The Morgan fingerprint density at radius 1 is 1.37 bits per heavy atom. The lowest BCUT2D eigenvalue weighted by atomic mass is 10.1. The van der Waals surface area contributed by atoms with Gasteiger partial charge < -0.3 is 10.2 Å². The highest BCUT2D eigenvalue weighted by Gasteiger charge is 2.25. The largest absolute Gasteiger partial charge is 0.481 e. The Bertz CT molecular complexity index is 490. The maximum Gasteiger partial charge on any atom is 0.321 e. The number of carboxylic acids is 2. The van der Waals surface area contributed by atoms with Crippen LogP contribution >= 0.6 is 15.9 Å². The molecule has 1 rings (SSSR count). The van der Waals surface area contributed by atoms with Gasteiger partial charge in [0.1, 0.15) is 6.04 Å². The third-order valence-electron chi connectivity index (χ3n) is 2.92. The first kappa shape index (κ1) is 15.7. The topological polar surface area (TPSA) is 77.8 Å². The number of benzene rings is 1. The van der Waals surface area contributed by atoms with Gasteiger partial charge in [0, 0.05) is 11.0 Å². The zero-order valence-corrected chi connectivity index (χ0v) is 12.3. The first-order valence-corrected chi connectivity index (χ1v) is 6.50. The van der Waals surface area contributed by atoms with Crippen molar-refractivity contribution in [3.8, 4) is 0 Å². The fraction of sp³-hybridized carbons (Fsp3) is 0.385. The molecule has 1 unspecified atom stereocenters. The molecule has 104 valence electrons. The van der Waals surface area contributed by atoms with Crippen molar-refractivity contribution < 1.29 is 19.8 Å². The number of hydrogen-bond donors (Lipinski definition) is 2. The van der Waals surface area contributed by atoms with E-state index < -0.39 is 24.4 Å². The summed E-state index contributed by atoms with van der Waals surface area (Å²) < 4.78 is 0.909. The molecule has 5 nitrogen and oxygen atoms in total. The number of carbonyl (C=O) groups is 2. The SMILES string of the molecule is Cc1ccc(Br)cc1CN(C)C(CC(=O)O)C(=O)O. The molecule has 0 amide bonds. The highest BCUT2D eigenvalue weighted by molar-refractivity contribution is 9.10. The first-order valence-electron chi connectivity index (χ1n) is 5.71. The lowest BCUT2D eigenvalue weighted by Gasteiger charge is -2.24. The Morgan fingerprint density at radius 2 is 2.00 bits per heavy atom. The van der Waals surface area contributed by atoms with E-state index in [1.54, 1.807) is 7.05 Å². The zero-order chi connectivity index (χ0) is 14.6. The highest BCUT2D eigenvalue weighted by atomic mass is 79.9. The van der Waals surface area contributed by atoms with Gasteiger partial charge in [0.15, 0.2) is 0 Å². The van der Waals surface area contributed by atoms with Crippen LogP contribution in [0.3, 0.4) is 0 Å². The van der Waals surface area contributed by atoms with E-state index in [0.29, 0.717) is 6.54 Å². The minimum Gasteiger partial charge on any atom is -0.481 e. The molecule has 2 N–H and O–H groups in total. The van der Waals surface area contributed by atoms with Gasteiger partial charge in [-0.15, -0.1) is 0 Å². The summed E-state index contributed by atoms with van der Waals surface area (Å²) >= 11 is 3.36. The lowest BCUT2D eigenvalue weighted by Crippen LogP contribution is -2.39. The van der Waals surface area contributed by atoms with Crippen molar-refractivity contribution in [2.45, 2.75) is 25.9 Å². The third kappa shape index (κ3) is 4.65. The van der Waals surface area contributed by atoms with Crippen LogP contribution in [0.15, 0.2) is 22.7 Å². The van der Waals surface area contributed by atoms with Crippen molar-refractivity contribution in [1.29, 1.82) is 0 Å². The second-order valence-electron chi connectivity index (χ2n) is 4.44. The fourth-order valence-corrected chi connectivity index (χ4v) is 2.19. The highest BCUT2D eigenvalue weighted by Crippen LogP contribution is 2.18. The fourth-order valence-electron chi connectivity index (χ4n) is 1.79. The molecule has 1 aromatic carbocycles. The van der Waals surface area contributed by atoms with E-state index >= 15 is 0 Å². The van der Waals surface area contributed by atoms with Crippen LogP contribution in [0.1, 0.15) is 17.5 Å². The average molecular weight is 330 g/mol. The van der Waals surface area contributed by atoms with Crippen LogP contribution in [0.25, 0.3) is 0 Å². The lowest BCUT2D eigenvalue weighted by molar-refractivity contribution is -0.149. The number of carboxylic acid groups (broad SMARTS) is 2. The zero-order valence-electron chi connectivity index (χ0n) is 10.8. The molecule has 0 bridgehead atoms. The Balaban J connectivity index is 2.86. The van der Waals surface area contributed by atoms with Crippen LogP contribution in [0, 0.1) is 6.92 Å². The number of hydrogen-bond acceptors (Lipinski definition) is 3. The van der Waals surface area contributed by atoms with E-state index in [2.05, 4.69) is 15.9 Å². The quantitative estimate of drug-likeness (QED) is 0.835. The first-order chi connectivity index (χ1) is 8.81. The van der Waals surface area contributed by atoms with Crippen LogP contribution in [-0.4, -0.2) is 40.1 Å². The minimum absolute atomic E-state index is 0.384. The van der Waals surface area contributed by atoms with Crippen LogP contribution < -0.4 is 0 Å². The molecule has 1 atom stereocenters. The molecule has 1 aromatic rings. The second-order valence-corrected chi connectivity index (χ2v) is 5.35. The summed E-state index contributed by atoms with van der Waals surface area (Å²) in [4.78, 5) is 23.3. The predicted octanol–water partition coefficient (Wildman–Crippen LogP) is 2.12. The van der Waals surface area contributed by atoms with Crippen molar-refractivity contribution in [1.82, 2.24) is 4.90 Å². The molecule has 0 saturated heterocycles. The van der Waals surface area contributed by atoms with E-state index in [9.17, 15) is 9.59 Å². The number of aliphatic carboxylic acids is 2. The molecule has 0 aliphatic heterocycles. The Labute approximate surface area is 120 Å². The van der Waals surface area contributed by atoms with Gasteiger partial charge in [-0.2, -0.15) is 0 Å². The number of likely N-dealkylation sites (N-methyl/N-ethyl adjacent to an activating group) is 1. The standard InChI is InChI=1S/C13H16BrNO4/c1-8-3-4-10(14)5-9(8)7-15(2)11(13(18)19)6-12(16)17/h3-5,11H,6-7H2,1-2H3,(H,16,17)(H,18,19). The van der Waals surface area contributed by atoms with Crippen molar-refractivity contribution >= 4 is 27.9 Å². The van der Waals surface area contributed by atoms with E-state index in [1.165, 1.54) is 4.90 Å². The molecule has 0 saturated carbocycles. The summed E-state index contributed by atoms with van der Waals surface area (Å²) in [7, 11) is 1.61. The number of aryl methyl sites for hydroxylation is 1. The van der Waals surface area contributed by atoms with Crippen LogP contribution in [0.4, 0.5) is 0 Å². The molecule has 6 heteroatoms. The minimum atomic E-state index is -1.13. The summed E-state index contributed by atoms with van der Waals surface area (Å²) in [5, 5.41) is 17.8. The maximum absolute atomic E-state index is 11.1. The van der Waals surface area contributed by atoms with Gasteiger partial charge in [0.25, 0.3) is 0 Å². The predicted molar refractivity (Wildman–Crippen MR) is 74.0 cm³/mol. The normalized spacial score (nSPS) is 12.4.